The minimum absolute atomic E-state index is 0.0640. The van der Waals surface area contributed by atoms with Crippen molar-refractivity contribution in [3.63, 3.8) is 0 Å². The summed E-state index contributed by atoms with van der Waals surface area (Å²) < 4.78 is 0. The zero-order valence-electron chi connectivity index (χ0n) is 18.4. The van der Waals surface area contributed by atoms with E-state index in [-0.39, 0.29) is 5.96 Å². The van der Waals surface area contributed by atoms with Crippen molar-refractivity contribution in [3.05, 3.63) is 0 Å². The van der Waals surface area contributed by atoms with Gasteiger partial charge in [0.2, 0.25) is 0 Å². The van der Waals surface area contributed by atoms with E-state index in [0.29, 0.717) is 25.3 Å². The van der Waals surface area contributed by atoms with Crippen LogP contribution in [0.1, 0.15) is 104 Å². The summed E-state index contributed by atoms with van der Waals surface area (Å²) in [5.74, 6) is -0.279. The highest BCUT2D eigenvalue weighted by molar-refractivity contribution is 5.74. The molecule has 2 unspecified atom stereocenters. The highest BCUT2D eigenvalue weighted by Crippen LogP contribution is 2.19. The number of nitrogens with one attached hydrogen (secondary N) is 3. The van der Waals surface area contributed by atoms with Crippen molar-refractivity contribution in [2.75, 3.05) is 13.1 Å². The predicted molar refractivity (Wildman–Crippen MR) is 119 cm³/mol. The molecule has 0 saturated heterocycles. The lowest BCUT2D eigenvalue weighted by molar-refractivity contribution is -0.139. The van der Waals surface area contributed by atoms with Gasteiger partial charge in [-0.15, -0.1) is 0 Å². The van der Waals surface area contributed by atoms with Gasteiger partial charge in [-0.3, -0.25) is 10.2 Å². The Morgan fingerprint density at radius 2 is 1.43 bits per heavy atom. The summed E-state index contributed by atoms with van der Waals surface area (Å²) in [4.78, 5) is 11.6. The Hall–Kier alpha value is -1.30. The number of guanidine groups is 1. The molecule has 0 aliphatic heterocycles. The number of hydrogen-bond acceptors (Lipinski definition) is 3. The van der Waals surface area contributed by atoms with Crippen LogP contribution >= 0.6 is 0 Å². The quantitative estimate of drug-likeness (QED) is 0.117. The first kappa shape index (κ1) is 26.7. The lowest BCUT2D eigenvalue weighted by atomic mass is 9.93. The third-order valence-electron chi connectivity index (χ3n) is 5.37. The molecule has 0 radical (unpaired) electrons. The second-order valence-corrected chi connectivity index (χ2v) is 8.05. The van der Waals surface area contributed by atoms with Crippen LogP contribution in [0.4, 0.5) is 0 Å². The first-order chi connectivity index (χ1) is 13.5. The Labute approximate surface area is 172 Å². The van der Waals surface area contributed by atoms with Gasteiger partial charge in [-0.1, -0.05) is 78.1 Å². The van der Waals surface area contributed by atoms with Gasteiger partial charge in [0.1, 0.15) is 6.04 Å². The van der Waals surface area contributed by atoms with Gasteiger partial charge in [0.25, 0.3) is 0 Å². The van der Waals surface area contributed by atoms with Crippen LogP contribution in [0.2, 0.25) is 0 Å². The Morgan fingerprint density at radius 1 is 0.893 bits per heavy atom. The molecule has 0 aromatic carbocycles. The molecular weight excluding hydrogens is 352 g/mol. The van der Waals surface area contributed by atoms with Crippen LogP contribution in [0.25, 0.3) is 0 Å². The van der Waals surface area contributed by atoms with Crippen LogP contribution in [-0.4, -0.2) is 36.2 Å². The largest absolute Gasteiger partial charge is 0.480 e. The summed E-state index contributed by atoms with van der Waals surface area (Å²) >= 11 is 0. The van der Waals surface area contributed by atoms with E-state index in [1.165, 1.54) is 77.0 Å². The smallest absolute Gasteiger partial charge is 0.320 e. The first-order valence-electron chi connectivity index (χ1n) is 11.5. The van der Waals surface area contributed by atoms with E-state index in [4.69, 9.17) is 11.1 Å². The molecule has 0 aliphatic carbocycles. The fraction of sp³-hybridized carbons (Fsp3) is 0.909. The molecule has 0 fully saturated rings. The lowest BCUT2D eigenvalue weighted by Gasteiger charge is -2.21. The second kappa shape index (κ2) is 19.0. The molecule has 0 aromatic heterocycles. The van der Waals surface area contributed by atoms with Crippen molar-refractivity contribution < 1.29 is 9.90 Å². The highest BCUT2D eigenvalue weighted by atomic mass is 16.4. The van der Waals surface area contributed by atoms with Gasteiger partial charge in [-0.2, -0.15) is 0 Å². The summed E-state index contributed by atoms with van der Waals surface area (Å²) in [6.45, 7) is 5.80. The molecule has 166 valence electrons. The van der Waals surface area contributed by atoms with Gasteiger partial charge < -0.3 is 21.5 Å². The van der Waals surface area contributed by atoms with Gasteiger partial charge >= 0.3 is 5.97 Å². The third kappa shape index (κ3) is 16.8. The zero-order valence-corrected chi connectivity index (χ0v) is 18.4. The second-order valence-electron chi connectivity index (χ2n) is 8.05. The van der Waals surface area contributed by atoms with Crippen LogP contribution in [0.5, 0.6) is 0 Å². The summed E-state index contributed by atoms with van der Waals surface area (Å²) in [5.41, 5.74) is 5.26. The van der Waals surface area contributed by atoms with Gasteiger partial charge in [0.05, 0.1) is 0 Å². The van der Waals surface area contributed by atoms with Crippen molar-refractivity contribution in [1.82, 2.24) is 10.6 Å². The Balaban J connectivity index is 4.28. The van der Waals surface area contributed by atoms with Crippen molar-refractivity contribution >= 4 is 11.9 Å². The van der Waals surface area contributed by atoms with Crippen LogP contribution < -0.4 is 16.4 Å². The van der Waals surface area contributed by atoms with Gasteiger partial charge in [-0.25, -0.2) is 0 Å². The zero-order chi connectivity index (χ0) is 21.0. The molecular formula is C22H46N4O2. The topological polar surface area (TPSA) is 111 Å². The van der Waals surface area contributed by atoms with Crippen LogP contribution in [0.15, 0.2) is 0 Å². The van der Waals surface area contributed by atoms with Crippen LogP contribution in [0.3, 0.4) is 0 Å². The minimum Gasteiger partial charge on any atom is -0.480 e. The third-order valence-corrected chi connectivity index (χ3v) is 5.37. The van der Waals surface area contributed by atoms with Gasteiger partial charge in [0, 0.05) is 6.54 Å². The number of carboxylic acid groups (broad SMARTS) is 1. The van der Waals surface area contributed by atoms with E-state index in [1.807, 2.05) is 0 Å². The fourth-order valence-corrected chi connectivity index (χ4v) is 3.57. The molecule has 0 heterocycles. The SMILES string of the molecule is CCCCCCCCC(CCCCCC)CNC(CCCNC(=N)N)C(=O)O. The number of hydrogen-bond donors (Lipinski definition) is 5. The molecule has 6 N–H and O–H groups in total. The van der Waals surface area contributed by atoms with Gasteiger partial charge in [-0.05, 0) is 38.1 Å². The number of unbranched alkanes of at least 4 members (excludes halogenated alkanes) is 8. The average Bonchev–Trinajstić information content (AvgIpc) is 2.65. The van der Waals surface area contributed by atoms with E-state index >= 15 is 0 Å². The molecule has 0 amide bonds. The van der Waals surface area contributed by atoms with E-state index < -0.39 is 12.0 Å². The van der Waals surface area contributed by atoms with Crippen molar-refractivity contribution in [2.24, 2.45) is 11.7 Å². The Bertz CT molecular complexity index is 391. The molecule has 2 atom stereocenters. The molecule has 28 heavy (non-hydrogen) atoms. The van der Waals surface area contributed by atoms with Crippen LogP contribution in [0, 0.1) is 11.3 Å². The summed E-state index contributed by atoms with van der Waals surface area (Å²) in [5, 5.41) is 22.7. The van der Waals surface area contributed by atoms with Crippen molar-refractivity contribution in [2.45, 2.75) is 110 Å². The lowest BCUT2D eigenvalue weighted by Crippen LogP contribution is -2.40. The molecule has 0 bridgehead atoms. The molecule has 0 rings (SSSR count). The molecule has 0 spiro atoms. The van der Waals surface area contributed by atoms with Crippen molar-refractivity contribution in [3.8, 4) is 0 Å². The normalized spacial score (nSPS) is 13.2. The van der Waals surface area contributed by atoms with E-state index in [2.05, 4.69) is 24.5 Å². The van der Waals surface area contributed by atoms with E-state index in [1.54, 1.807) is 0 Å². The van der Waals surface area contributed by atoms with E-state index in [0.717, 1.165) is 6.54 Å². The number of nitrogens with two attached hydrogens (primary N) is 1. The minimum atomic E-state index is -0.785. The monoisotopic (exact) mass is 398 g/mol. The molecule has 6 heteroatoms. The molecule has 0 saturated carbocycles. The van der Waals surface area contributed by atoms with Crippen LogP contribution in [-0.2, 0) is 4.79 Å². The first-order valence-corrected chi connectivity index (χ1v) is 11.5. The average molecular weight is 399 g/mol. The molecule has 0 aliphatic rings. The van der Waals surface area contributed by atoms with E-state index in [9.17, 15) is 9.90 Å². The maximum absolute atomic E-state index is 11.6. The Morgan fingerprint density at radius 3 is 1.96 bits per heavy atom. The maximum Gasteiger partial charge on any atom is 0.320 e. The summed E-state index contributed by atoms with van der Waals surface area (Å²) in [6.07, 6.45) is 16.5. The van der Waals surface area contributed by atoms with Gasteiger partial charge in [0.15, 0.2) is 5.96 Å². The summed E-state index contributed by atoms with van der Waals surface area (Å²) in [7, 11) is 0. The number of carboxylic acids is 1. The predicted octanol–water partition coefficient (Wildman–Crippen LogP) is 4.63. The Kier molecular flexibility index (Phi) is 18.2. The highest BCUT2D eigenvalue weighted by Gasteiger charge is 2.18. The number of aliphatic carboxylic acids is 1. The molecule has 6 nitrogen and oxygen atoms in total. The molecule has 0 aromatic rings. The fourth-order valence-electron chi connectivity index (χ4n) is 3.57. The number of rotatable bonds is 20. The summed E-state index contributed by atoms with van der Waals surface area (Å²) in [6, 6.07) is -0.517. The van der Waals surface area contributed by atoms with Crippen molar-refractivity contribution in [1.29, 1.82) is 5.41 Å². The standard InChI is InChI=1S/C22H46N4O2/c1-3-5-7-9-10-12-15-19(14-11-8-6-4-2)18-26-20(21(27)28)16-13-17-25-22(23)24/h19-20,26H,3-18H2,1-2H3,(H,27,28)(H4,23,24,25). The maximum atomic E-state index is 11.6. The number of carbonyl (C=O) groups is 1.